The van der Waals surface area contributed by atoms with E-state index in [2.05, 4.69) is 85.9 Å². The molecular formula is C23H35IN4O. The van der Waals surface area contributed by atoms with Crippen LogP contribution < -0.4 is 15.4 Å². The summed E-state index contributed by atoms with van der Waals surface area (Å²) in [5.74, 6) is 1.79. The molecule has 6 heteroatoms. The number of hydrogen-bond donors (Lipinski definition) is 2. The highest BCUT2D eigenvalue weighted by Crippen LogP contribution is 2.19. The summed E-state index contributed by atoms with van der Waals surface area (Å²) >= 11 is 0. The van der Waals surface area contributed by atoms with Crippen molar-refractivity contribution in [3.63, 3.8) is 0 Å². The number of ether oxygens (including phenoxy) is 1. The first-order valence-corrected chi connectivity index (χ1v) is 9.90. The second-order valence-electron chi connectivity index (χ2n) is 7.23. The molecule has 2 N–H and O–H groups in total. The minimum atomic E-state index is 0. The number of nitrogens with one attached hydrogen (secondary N) is 2. The third kappa shape index (κ3) is 9.04. The van der Waals surface area contributed by atoms with Gasteiger partial charge in [0.25, 0.3) is 0 Å². The van der Waals surface area contributed by atoms with Crippen molar-refractivity contribution in [2.24, 2.45) is 4.99 Å². The van der Waals surface area contributed by atoms with Gasteiger partial charge in [-0.3, -0.25) is 0 Å². The van der Waals surface area contributed by atoms with Crippen LogP contribution in [0.4, 0.5) is 0 Å². The maximum absolute atomic E-state index is 5.41. The zero-order valence-corrected chi connectivity index (χ0v) is 20.6. The molecule has 0 saturated heterocycles. The van der Waals surface area contributed by atoms with Crippen LogP contribution in [0.5, 0.6) is 5.75 Å². The maximum atomic E-state index is 5.41. The second-order valence-corrected chi connectivity index (χ2v) is 7.23. The summed E-state index contributed by atoms with van der Waals surface area (Å²) in [6, 6.07) is 15.0. The van der Waals surface area contributed by atoms with Crippen molar-refractivity contribution in [3.8, 4) is 5.75 Å². The van der Waals surface area contributed by atoms with Gasteiger partial charge in [0.2, 0.25) is 0 Å². The smallest absolute Gasteiger partial charge is 0.191 e. The quantitative estimate of drug-likeness (QED) is 0.305. The monoisotopic (exact) mass is 510 g/mol. The molecule has 0 radical (unpaired) electrons. The van der Waals surface area contributed by atoms with Crippen LogP contribution in [0.3, 0.4) is 0 Å². The van der Waals surface area contributed by atoms with Gasteiger partial charge in [-0.15, -0.1) is 24.0 Å². The van der Waals surface area contributed by atoms with Gasteiger partial charge in [0.1, 0.15) is 5.75 Å². The van der Waals surface area contributed by atoms with Crippen molar-refractivity contribution >= 4 is 29.9 Å². The summed E-state index contributed by atoms with van der Waals surface area (Å²) < 4.78 is 5.41. The molecular weight excluding hydrogens is 475 g/mol. The summed E-state index contributed by atoms with van der Waals surface area (Å²) in [4.78, 5) is 6.91. The van der Waals surface area contributed by atoms with Gasteiger partial charge >= 0.3 is 0 Å². The molecule has 0 aliphatic rings. The van der Waals surface area contributed by atoms with E-state index in [-0.39, 0.29) is 24.0 Å². The second kappa shape index (κ2) is 13.4. The molecule has 0 aliphatic heterocycles. The molecule has 0 amide bonds. The fourth-order valence-corrected chi connectivity index (χ4v) is 3.05. The molecule has 0 atom stereocenters. The van der Waals surface area contributed by atoms with Crippen molar-refractivity contribution < 1.29 is 4.74 Å². The minimum absolute atomic E-state index is 0. The molecule has 2 aromatic rings. The first kappa shape index (κ1) is 25.2. The van der Waals surface area contributed by atoms with E-state index in [1.807, 2.05) is 0 Å². The van der Waals surface area contributed by atoms with Crippen LogP contribution in [-0.4, -0.2) is 45.2 Å². The first-order valence-electron chi connectivity index (χ1n) is 9.90. The molecule has 0 fully saturated rings. The van der Waals surface area contributed by atoms with Crippen LogP contribution in [0.1, 0.15) is 29.2 Å². The van der Waals surface area contributed by atoms with E-state index in [0.717, 1.165) is 43.3 Å². The van der Waals surface area contributed by atoms with Gasteiger partial charge in [0.15, 0.2) is 5.96 Å². The fraction of sp³-hybridized carbons (Fsp3) is 0.435. The number of aliphatic imine (C=N–C) groups is 1. The lowest BCUT2D eigenvalue weighted by atomic mass is 10.1. The van der Waals surface area contributed by atoms with E-state index in [9.17, 15) is 0 Å². The average Bonchev–Trinajstić information content (AvgIpc) is 2.67. The number of aryl methyl sites for hydroxylation is 1. The molecule has 5 nitrogen and oxygen atoms in total. The zero-order valence-electron chi connectivity index (χ0n) is 18.3. The molecule has 2 rings (SSSR count). The highest BCUT2D eigenvalue weighted by Gasteiger charge is 2.03. The minimum Gasteiger partial charge on any atom is -0.496 e. The molecule has 0 spiro atoms. The number of nitrogens with zero attached hydrogens (tertiary/aromatic N) is 2. The van der Waals surface area contributed by atoms with Gasteiger partial charge < -0.3 is 20.3 Å². The first-order chi connectivity index (χ1) is 13.5. The van der Waals surface area contributed by atoms with Crippen molar-refractivity contribution in [3.05, 3.63) is 64.7 Å². The van der Waals surface area contributed by atoms with Crippen molar-refractivity contribution in [2.45, 2.75) is 33.4 Å². The van der Waals surface area contributed by atoms with Crippen LogP contribution in [0.2, 0.25) is 0 Å². The predicted octanol–water partition coefficient (Wildman–Crippen LogP) is 3.98. The lowest BCUT2D eigenvalue weighted by Crippen LogP contribution is -2.38. The molecule has 0 aliphatic carbocycles. The number of hydrogen-bond acceptors (Lipinski definition) is 3. The third-order valence-corrected chi connectivity index (χ3v) is 4.43. The van der Waals surface area contributed by atoms with Crippen molar-refractivity contribution in [1.82, 2.24) is 15.5 Å². The Morgan fingerprint density at radius 2 is 1.79 bits per heavy atom. The number of guanidine groups is 1. The molecule has 0 unspecified atom stereocenters. The highest BCUT2D eigenvalue weighted by atomic mass is 127. The van der Waals surface area contributed by atoms with Gasteiger partial charge in [-0.05, 0) is 62.7 Å². The van der Waals surface area contributed by atoms with E-state index >= 15 is 0 Å². The van der Waals surface area contributed by atoms with Gasteiger partial charge in [0.05, 0.1) is 13.7 Å². The molecule has 2 aromatic carbocycles. The Morgan fingerprint density at radius 3 is 2.48 bits per heavy atom. The number of benzene rings is 2. The van der Waals surface area contributed by atoms with Gasteiger partial charge in [0, 0.05) is 19.6 Å². The van der Waals surface area contributed by atoms with E-state index in [0.29, 0.717) is 6.54 Å². The highest BCUT2D eigenvalue weighted by molar-refractivity contribution is 14.0. The third-order valence-electron chi connectivity index (χ3n) is 4.43. The summed E-state index contributed by atoms with van der Waals surface area (Å²) in [5.41, 5.74) is 4.94. The average molecular weight is 510 g/mol. The zero-order chi connectivity index (χ0) is 20.4. The summed E-state index contributed by atoms with van der Waals surface area (Å²) in [7, 11) is 5.89. The van der Waals surface area contributed by atoms with Crippen LogP contribution >= 0.6 is 24.0 Å². The SMILES string of the molecule is CCNC(=NCc1cccc(CN(C)C)c1)NCCc1ccc(C)c(OC)c1.I. The standard InChI is InChI=1S/C23H34N4O.HI/c1-6-24-23(25-13-12-19-11-10-18(2)22(15-19)28-5)26-16-20-8-7-9-21(14-20)17-27(3)4;/h7-11,14-15H,6,12-13,16-17H2,1-5H3,(H2,24,25,26);1H. The van der Waals surface area contributed by atoms with E-state index in [1.165, 1.54) is 16.7 Å². The molecule has 0 aromatic heterocycles. The lowest BCUT2D eigenvalue weighted by Gasteiger charge is -2.13. The van der Waals surface area contributed by atoms with Crippen molar-refractivity contribution in [1.29, 1.82) is 0 Å². The van der Waals surface area contributed by atoms with Crippen LogP contribution in [-0.2, 0) is 19.5 Å². The normalized spacial score (nSPS) is 11.2. The number of halogens is 1. The predicted molar refractivity (Wildman–Crippen MR) is 134 cm³/mol. The Bertz CT molecular complexity index is 777. The molecule has 0 heterocycles. The summed E-state index contributed by atoms with van der Waals surface area (Å²) in [6.45, 7) is 7.40. The lowest BCUT2D eigenvalue weighted by molar-refractivity contribution is 0.402. The molecule has 29 heavy (non-hydrogen) atoms. The Labute approximate surface area is 193 Å². The van der Waals surface area contributed by atoms with Crippen LogP contribution in [0, 0.1) is 6.92 Å². The van der Waals surface area contributed by atoms with Crippen molar-refractivity contribution in [2.75, 3.05) is 34.3 Å². The van der Waals surface area contributed by atoms with E-state index in [4.69, 9.17) is 9.73 Å². The molecule has 0 bridgehead atoms. The summed E-state index contributed by atoms with van der Waals surface area (Å²) in [5, 5.41) is 6.75. The Balaban J connectivity index is 0.00000420. The Morgan fingerprint density at radius 1 is 1.03 bits per heavy atom. The largest absolute Gasteiger partial charge is 0.496 e. The maximum Gasteiger partial charge on any atom is 0.191 e. The van der Waals surface area contributed by atoms with E-state index < -0.39 is 0 Å². The Hall–Kier alpha value is -1.80. The topological polar surface area (TPSA) is 48.9 Å². The van der Waals surface area contributed by atoms with Gasteiger partial charge in [-0.2, -0.15) is 0 Å². The number of rotatable bonds is 9. The Kier molecular flexibility index (Phi) is 11.7. The van der Waals surface area contributed by atoms with E-state index in [1.54, 1.807) is 7.11 Å². The fourth-order valence-electron chi connectivity index (χ4n) is 3.05. The van der Waals surface area contributed by atoms with Gasteiger partial charge in [-0.1, -0.05) is 36.4 Å². The molecule has 160 valence electrons. The summed E-state index contributed by atoms with van der Waals surface area (Å²) in [6.07, 6.45) is 0.916. The van der Waals surface area contributed by atoms with Crippen LogP contribution in [0.25, 0.3) is 0 Å². The van der Waals surface area contributed by atoms with Crippen LogP contribution in [0.15, 0.2) is 47.5 Å². The molecule has 0 saturated carbocycles. The van der Waals surface area contributed by atoms with Gasteiger partial charge in [-0.25, -0.2) is 4.99 Å². The number of methoxy groups -OCH3 is 1.